The maximum absolute atomic E-state index is 12.6. The van der Waals surface area contributed by atoms with Crippen LogP contribution in [0.3, 0.4) is 0 Å². The van der Waals surface area contributed by atoms with Crippen LogP contribution in [0, 0.1) is 0 Å². The monoisotopic (exact) mass is 356 g/mol. The van der Waals surface area contributed by atoms with Crippen LogP contribution >= 0.6 is 27.3 Å². The molecule has 3 nitrogen and oxygen atoms in total. The summed E-state index contributed by atoms with van der Waals surface area (Å²) < 4.78 is 3.41. The highest BCUT2D eigenvalue weighted by molar-refractivity contribution is 9.10. The second kappa shape index (κ2) is 4.79. The van der Waals surface area contributed by atoms with Gasteiger partial charge in [-0.3, -0.25) is 4.79 Å². The van der Waals surface area contributed by atoms with Gasteiger partial charge in [0.25, 0.3) is 5.56 Å². The van der Waals surface area contributed by atoms with Crippen LogP contribution in [-0.4, -0.2) is 9.38 Å². The molecule has 0 spiro atoms. The van der Waals surface area contributed by atoms with E-state index in [9.17, 15) is 4.79 Å². The minimum absolute atomic E-state index is 0.00776. The topological polar surface area (TPSA) is 34.4 Å². The van der Waals surface area contributed by atoms with Gasteiger partial charge in [0.15, 0.2) is 4.96 Å². The first kappa shape index (κ1) is 12.7. The highest BCUT2D eigenvalue weighted by atomic mass is 79.9. The quantitative estimate of drug-likeness (QED) is 0.524. The van der Waals surface area contributed by atoms with Crippen molar-refractivity contribution in [3.63, 3.8) is 0 Å². The van der Waals surface area contributed by atoms with E-state index < -0.39 is 0 Å². The average molecular weight is 357 g/mol. The van der Waals surface area contributed by atoms with Crippen molar-refractivity contribution in [1.29, 1.82) is 0 Å². The summed E-state index contributed by atoms with van der Waals surface area (Å²) >= 11 is 4.83. The molecule has 0 bridgehead atoms. The molecule has 0 aliphatic carbocycles. The van der Waals surface area contributed by atoms with E-state index in [-0.39, 0.29) is 5.56 Å². The standard InChI is InChI=1S/C16H9BrN2OS/c17-11-7-5-10(6-8-11)9-14-15(20)19-13-4-2-1-3-12(13)18-16(19)21-14/h1-9H. The summed E-state index contributed by atoms with van der Waals surface area (Å²) in [5.74, 6) is 0. The van der Waals surface area contributed by atoms with Gasteiger partial charge in [0.1, 0.15) is 0 Å². The number of thiazole rings is 1. The Hall–Kier alpha value is -1.98. The molecule has 5 heteroatoms. The lowest BCUT2D eigenvalue weighted by molar-refractivity contribution is 1.19. The van der Waals surface area contributed by atoms with Crippen molar-refractivity contribution in [2.75, 3.05) is 0 Å². The molecule has 0 unspecified atom stereocenters. The number of hydrogen-bond donors (Lipinski definition) is 0. The fourth-order valence-electron chi connectivity index (χ4n) is 2.32. The van der Waals surface area contributed by atoms with Gasteiger partial charge in [-0.15, -0.1) is 0 Å². The maximum Gasteiger partial charge on any atom is 0.274 e. The summed E-state index contributed by atoms with van der Waals surface area (Å²) in [6.07, 6.45) is 1.91. The van der Waals surface area contributed by atoms with Gasteiger partial charge < -0.3 is 0 Å². The lowest BCUT2D eigenvalue weighted by Crippen LogP contribution is -2.22. The molecule has 0 saturated heterocycles. The number of halogens is 1. The number of nitrogens with zero attached hydrogens (tertiary/aromatic N) is 2. The SMILES string of the molecule is O=c1c(=Cc2ccc(Br)cc2)sc2nc3ccccc3n12. The van der Waals surface area contributed by atoms with Crippen LogP contribution in [0.2, 0.25) is 0 Å². The van der Waals surface area contributed by atoms with E-state index in [1.54, 1.807) is 4.40 Å². The zero-order valence-corrected chi connectivity index (χ0v) is 13.2. The van der Waals surface area contributed by atoms with Crippen LogP contribution < -0.4 is 10.1 Å². The zero-order valence-electron chi connectivity index (χ0n) is 10.8. The predicted octanol–water partition coefficient (Wildman–Crippen LogP) is 3.22. The smallest absolute Gasteiger partial charge is 0.267 e. The number of hydrogen-bond acceptors (Lipinski definition) is 3. The molecule has 0 saturated carbocycles. The normalized spacial score (nSPS) is 12.5. The van der Waals surface area contributed by atoms with E-state index in [0.717, 1.165) is 26.0 Å². The van der Waals surface area contributed by atoms with Crippen LogP contribution in [0.4, 0.5) is 0 Å². The summed E-state index contributed by atoms with van der Waals surface area (Å²) in [7, 11) is 0. The van der Waals surface area contributed by atoms with Gasteiger partial charge in [-0.25, -0.2) is 9.38 Å². The molecule has 2 heterocycles. The maximum atomic E-state index is 12.6. The number of aromatic nitrogens is 2. The van der Waals surface area contributed by atoms with Crippen molar-refractivity contribution in [2.45, 2.75) is 0 Å². The summed E-state index contributed by atoms with van der Waals surface area (Å²) in [6.45, 7) is 0. The van der Waals surface area contributed by atoms with Gasteiger partial charge in [0, 0.05) is 4.47 Å². The van der Waals surface area contributed by atoms with Gasteiger partial charge >= 0.3 is 0 Å². The Bertz CT molecular complexity index is 1060. The second-order valence-electron chi connectivity index (χ2n) is 4.69. The summed E-state index contributed by atoms with van der Waals surface area (Å²) in [5, 5.41) is 0. The molecular formula is C16H9BrN2OS. The van der Waals surface area contributed by atoms with Crippen molar-refractivity contribution in [2.24, 2.45) is 0 Å². The molecule has 21 heavy (non-hydrogen) atoms. The Balaban J connectivity index is 2.00. The van der Waals surface area contributed by atoms with Gasteiger partial charge in [-0.05, 0) is 35.9 Å². The molecular weight excluding hydrogens is 348 g/mol. The summed E-state index contributed by atoms with van der Waals surface area (Å²) in [4.78, 5) is 17.8. The molecule has 2 aromatic heterocycles. The van der Waals surface area contributed by atoms with Crippen LogP contribution in [0.15, 0.2) is 57.8 Å². The number of fused-ring (bicyclic) bond motifs is 3. The van der Waals surface area contributed by atoms with Crippen LogP contribution in [-0.2, 0) is 0 Å². The van der Waals surface area contributed by atoms with Gasteiger partial charge in [0.2, 0.25) is 0 Å². The van der Waals surface area contributed by atoms with Crippen molar-refractivity contribution in [3.05, 3.63) is 73.5 Å². The number of para-hydroxylation sites is 2. The van der Waals surface area contributed by atoms with Crippen molar-refractivity contribution < 1.29 is 0 Å². The predicted molar refractivity (Wildman–Crippen MR) is 89.8 cm³/mol. The first-order valence-corrected chi connectivity index (χ1v) is 8.00. The Morgan fingerprint density at radius 2 is 1.86 bits per heavy atom. The van der Waals surface area contributed by atoms with Crippen LogP contribution in [0.25, 0.3) is 22.1 Å². The minimum Gasteiger partial charge on any atom is -0.267 e. The van der Waals surface area contributed by atoms with Crippen molar-refractivity contribution >= 4 is 49.3 Å². The number of imidazole rings is 1. The fraction of sp³-hybridized carbons (Fsp3) is 0. The highest BCUT2D eigenvalue weighted by Gasteiger charge is 2.10. The van der Waals surface area contributed by atoms with Crippen LogP contribution in [0.1, 0.15) is 5.56 Å². The van der Waals surface area contributed by atoms with Crippen LogP contribution in [0.5, 0.6) is 0 Å². The Morgan fingerprint density at radius 3 is 2.67 bits per heavy atom. The van der Waals surface area contributed by atoms with Crippen molar-refractivity contribution in [1.82, 2.24) is 9.38 Å². The molecule has 0 aliphatic rings. The summed E-state index contributed by atoms with van der Waals surface area (Å²) in [6, 6.07) is 15.6. The average Bonchev–Trinajstić information content (AvgIpc) is 2.99. The molecule has 102 valence electrons. The van der Waals surface area contributed by atoms with E-state index in [4.69, 9.17) is 0 Å². The van der Waals surface area contributed by atoms with Gasteiger partial charge in [0.05, 0.1) is 15.6 Å². The largest absolute Gasteiger partial charge is 0.274 e. The second-order valence-corrected chi connectivity index (χ2v) is 6.61. The highest BCUT2D eigenvalue weighted by Crippen LogP contribution is 2.16. The molecule has 0 N–H and O–H groups in total. The van der Waals surface area contributed by atoms with E-state index in [2.05, 4.69) is 20.9 Å². The molecule has 2 aromatic carbocycles. The van der Waals surface area contributed by atoms with E-state index >= 15 is 0 Å². The lowest BCUT2D eigenvalue weighted by Gasteiger charge is -1.91. The third kappa shape index (κ3) is 2.09. The molecule has 0 radical (unpaired) electrons. The molecule has 4 rings (SSSR count). The molecule has 0 aliphatic heterocycles. The van der Waals surface area contributed by atoms with E-state index in [0.29, 0.717) is 4.53 Å². The summed E-state index contributed by atoms with van der Waals surface area (Å²) in [5.41, 5.74) is 2.72. The third-order valence-corrected chi connectivity index (χ3v) is 4.81. The number of benzene rings is 2. The fourth-order valence-corrected chi connectivity index (χ4v) is 3.57. The lowest BCUT2D eigenvalue weighted by atomic mass is 10.2. The van der Waals surface area contributed by atoms with E-state index in [1.165, 1.54) is 11.3 Å². The molecule has 0 fully saturated rings. The van der Waals surface area contributed by atoms with Gasteiger partial charge in [-0.2, -0.15) is 0 Å². The Labute approximate surface area is 132 Å². The first-order valence-electron chi connectivity index (χ1n) is 6.40. The Kier molecular flexibility index (Phi) is 2.90. The first-order chi connectivity index (χ1) is 10.2. The van der Waals surface area contributed by atoms with E-state index in [1.807, 2.05) is 54.6 Å². The molecule has 4 aromatic rings. The third-order valence-electron chi connectivity index (χ3n) is 3.31. The number of rotatable bonds is 1. The van der Waals surface area contributed by atoms with Crippen molar-refractivity contribution in [3.8, 4) is 0 Å². The minimum atomic E-state index is -0.00776. The zero-order chi connectivity index (χ0) is 14.4. The Morgan fingerprint density at radius 1 is 1.10 bits per heavy atom. The molecule has 0 amide bonds. The van der Waals surface area contributed by atoms with Gasteiger partial charge in [-0.1, -0.05) is 51.5 Å². The molecule has 0 atom stereocenters.